The van der Waals surface area contributed by atoms with Crippen molar-refractivity contribution in [3.63, 3.8) is 0 Å². The number of amides is 2. The molecule has 0 bridgehead atoms. The topological polar surface area (TPSA) is 80.0 Å². The van der Waals surface area contributed by atoms with E-state index in [2.05, 4.69) is 20.8 Å². The number of nitrogens with one attached hydrogen (secondary N) is 2. The quantitative estimate of drug-likeness (QED) is 0.696. The minimum Gasteiger partial charge on any atom is -0.339 e. The summed E-state index contributed by atoms with van der Waals surface area (Å²) in [5.41, 5.74) is 0.401. The number of alkyl halides is 3. The Morgan fingerprint density at radius 1 is 1.11 bits per heavy atom. The van der Waals surface area contributed by atoms with Crippen LogP contribution in [0.5, 0.6) is 0 Å². The number of hydrogen-bond acceptors (Lipinski definition) is 4. The molecule has 0 saturated carbocycles. The van der Waals surface area contributed by atoms with Crippen molar-refractivity contribution in [1.82, 2.24) is 10.1 Å². The van der Waals surface area contributed by atoms with Crippen LogP contribution >= 0.6 is 0 Å². The molecule has 2 aromatic carbocycles. The predicted octanol–water partition coefficient (Wildman–Crippen LogP) is 4.63. The first-order chi connectivity index (χ1) is 12.8. The molecule has 0 aliphatic rings. The van der Waals surface area contributed by atoms with Crippen molar-refractivity contribution in [1.29, 1.82) is 0 Å². The summed E-state index contributed by atoms with van der Waals surface area (Å²) < 4.78 is 43.4. The second-order valence-corrected chi connectivity index (χ2v) is 5.73. The fraction of sp³-hybridized carbons (Fsp3) is 0.167. The molecule has 9 heteroatoms. The summed E-state index contributed by atoms with van der Waals surface area (Å²) in [6.07, 6.45) is -4.18. The zero-order chi connectivity index (χ0) is 19.4. The number of para-hydroxylation sites is 1. The summed E-state index contributed by atoms with van der Waals surface area (Å²) in [4.78, 5) is 16.3. The highest BCUT2D eigenvalue weighted by atomic mass is 19.4. The minimum absolute atomic E-state index is 0.0346. The summed E-state index contributed by atoms with van der Waals surface area (Å²) in [7, 11) is 0. The minimum atomic E-state index is -4.48. The molecule has 2 amide bonds. The van der Waals surface area contributed by atoms with Gasteiger partial charge in [0.1, 0.15) is 0 Å². The molecule has 0 radical (unpaired) electrons. The van der Waals surface area contributed by atoms with Gasteiger partial charge >= 0.3 is 12.2 Å². The van der Waals surface area contributed by atoms with Gasteiger partial charge in [-0.05, 0) is 36.8 Å². The lowest BCUT2D eigenvalue weighted by atomic mass is 10.1. The molecule has 0 unspecified atom stereocenters. The second kappa shape index (κ2) is 7.48. The van der Waals surface area contributed by atoms with Gasteiger partial charge in [0.15, 0.2) is 5.82 Å². The molecule has 0 atom stereocenters. The molecule has 0 fully saturated rings. The standard InChI is InChI=1S/C18H15F3N4O2/c1-11-22-16(27-25-11)9-12-5-2-3-8-15(12)24-17(26)23-14-7-4-6-13(10-14)18(19,20)21/h2-8,10H,9H2,1H3,(H2,23,24,26). The molecule has 140 valence electrons. The first-order valence-corrected chi connectivity index (χ1v) is 7.93. The monoisotopic (exact) mass is 376 g/mol. The first kappa shape index (κ1) is 18.4. The van der Waals surface area contributed by atoms with Crippen molar-refractivity contribution < 1.29 is 22.5 Å². The summed E-state index contributed by atoms with van der Waals surface area (Å²) in [5.74, 6) is 0.887. The molecular formula is C18H15F3N4O2. The van der Waals surface area contributed by atoms with Gasteiger partial charge in [0.25, 0.3) is 0 Å². The molecule has 3 aromatic rings. The van der Waals surface area contributed by atoms with Crippen molar-refractivity contribution in [3.05, 3.63) is 71.4 Å². The number of urea groups is 1. The smallest absolute Gasteiger partial charge is 0.339 e. The Balaban J connectivity index is 1.71. The number of halogens is 3. The molecule has 0 aliphatic heterocycles. The number of benzene rings is 2. The lowest BCUT2D eigenvalue weighted by Gasteiger charge is -2.12. The molecular weight excluding hydrogens is 361 g/mol. The highest BCUT2D eigenvalue weighted by molar-refractivity contribution is 6.00. The number of carbonyl (C=O) groups excluding carboxylic acids is 1. The number of aromatic nitrogens is 2. The Labute approximate surface area is 152 Å². The zero-order valence-corrected chi connectivity index (χ0v) is 14.2. The molecule has 1 aromatic heterocycles. The van der Waals surface area contributed by atoms with E-state index in [0.29, 0.717) is 23.8 Å². The normalized spacial score (nSPS) is 11.3. The van der Waals surface area contributed by atoms with Gasteiger partial charge in [-0.3, -0.25) is 0 Å². The van der Waals surface area contributed by atoms with Crippen LogP contribution in [0.25, 0.3) is 0 Å². The third-order valence-electron chi connectivity index (χ3n) is 3.62. The molecule has 27 heavy (non-hydrogen) atoms. The lowest BCUT2D eigenvalue weighted by molar-refractivity contribution is -0.137. The van der Waals surface area contributed by atoms with E-state index in [1.165, 1.54) is 12.1 Å². The van der Waals surface area contributed by atoms with Crippen LogP contribution in [0.4, 0.5) is 29.3 Å². The Hall–Kier alpha value is -3.36. The van der Waals surface area contributed by atoms with Crippen LogP contribution < -0.4 is 10.6 Å². The molecule has 0 saturated heterocycles. The fourth-order valence-electron chi connectivity index (χ4n) is 2.43. The van der Waals surface area contributed by atoms with E-state index in [-0.39, 0.29) is 5.69 Å². The summed E-state index contributed by atoms with van der Waals surface area (Å²) >= 11 is 0. The number of nitrogens with zero attached hydrogens (tertiary/aromatic N) is 2. The van der Waals surface area contributed by atoms with Crippen LogP contribution in [-0.2, 0) is 12.6 Å². The van der Waals surface area contributed by atoms with Crippen LogP contribution in [0.15, 0.2) is 53.1 Å². The van der Waals surface area contributed by atoms with E-state index in [0.717, 1.165) is 17.7 Å². The third-order valence-corrected chi connectivity index (χ3v) is 3.62. The summed E-state index contributed by atoms with van der Waals surface area (Å²) in [6, 6.07) is 10.7. The first-order valence-electron chi connectivity index (χ1n) is 7.93. The summed E-state index contributed by atoms with van der Waals surface area (Å²) in [5, 5.41) is 8.73. The van der Waals surface area contributed by atoms with E-state index < -0.39 is 17.8 Å². The number of aryl methyl sites for hydroxylation is 1. The highest BCUT2D eigenvalue weighted by Crippen LogP contribution is 2.30. The van der Waals surface area contributed by atoms with Gasteiger partial charge < -0.3 is 15.2 Å². The SMILES string of the molecule is Cc1noc(Cc2ccccc2NC(=O)Nc2cccc(C(F)(F)F)c2)n1. The van der Waals surface area contributed by atoms with E-state index in [1.54, 1.807) is 31.2 Å². The molecule has 2 N–H and O–H groups in total. The fourth-order valence-corrected chi connectivity index (χ4v) is 2.43. The van der Waals surface area contributed by atoms with E-state index in [9.17, 15) is 18.0 Å². The van der Waals surface area contributed by atoms with Gasteiger partial charge in [-0.25, -0.2) is 4.79 Å². The average molecular weight is 376 g/mol. The van der Waals surface area contributed by atoms with Crippen molar-refractivity contribution in [2.24, 2.45) is 0 Å². The highest BCUT2D eigenvalue weighted by Gasteiger charge is 2.30. The van der Waals surface area contributed by atoms with Gasteiger partial charge in [-0.1, -0.05) is 29.4 Å². The van der Waals surface area contributed by atoms with Gasteiger partial charge in [-0.15, -0.1) is 0 Å². The van der Waals surface area contributed by atoms with Crippen molar-refractivity contribution in [2.75, 3.05) is 10.6 Å². The predicted molar refractivity (Wildman–Crippen MR) is 92.4 cm³/mol. The molecule has 0 spiro atoms. The maximum Gasteiger partial charge on any atom is 0.416 e. The van der Waals surface area contributed by atoms with Gasteiger partial charge in [0.2, 0.25) is 5.89 Å². The largest absolute Gasteiger partial charge is 0.416 e. The van der Waals surface area contributed by atoms with Crippen molar-refractivity contribution >= 4 is 17.4 Å². The van der Waals surface area contributed by atoms with Gasteiger partial charge in [-0.2, -0.15) is 18.2 Å². The number of carbonyl (C=O) groups is 1. The number of rotatable bonds is 4. The number of hydrogen-bond donors (Lipinski definition) is 2. The molecule has 1 heterocycles. The van der Waals surface area contributed by atoms with E-state index >= 15 is 0 Å². The van der Waals surface area contributed by atoms with Crippen LogP contribution in [-0.4, -0.2) is 16.2 Å². The second-order valence-electron chi connectivity index (χ2n) is 5.73. The van der Waals surface area contributed by atoms with E-state index in [4.69, 9.17) is 4.52 Å². The maximum absolute atomic E-state index is 12.8. The van der Waals surface area contributed by atoms with Crippen LogP contribution in [0.3, 0.4) is 0 Å². The Morgan fingerprint density at radius 3 is 2.59 bits per heavy atom. The van der Waals surface area contributed by atoms with Crippen molar-refractivity contribution in [3.8, 4) is 0 Å². The number of anilines is 2. The Morgan fingerprint density at radius 2 is 1.89 bits per heavy atom. The third kappa shape index (κ3) is 4.84. The molecule has 3 rings (SSSR count). The van der Waals surface area contributed by atoms with Crippen LogP contribution in [0, 0.1) is 6.92 Å². The molecule has 0 aliphatic carbocycles. The van der Waals surface area contributed by atoms with E-state index in [1.807, 2.05) is 0 Å². The lowest BCUT2D eigenvalue weighted by Crippen LogP contribution is -2.20. The Kier molecular flexibility index (Phi) is 5.11. The van der Waals surface area contributed by atoms with Crippen LogP contribution in [0.1, 0.15) is 22.8 Å². The zero-order valence-electron chi connectivity index (χ0n) is 14.2. The Bertz CT molecular complexity index is 954. The maximum atomic E-state index is 12.8. The van der Waals surface area contributed by atoms with Gasteiger partial charge in [0.05, 0.1) is 12.0 Å². The van der Waals surface area contributed by atoms with Crippen molar-refractivity contribution in [2.45, 2.75) is 19.5 Å². The molecule has 6 nitrogen and oxygen atoms in total. The van der Waals surface area contributed by atoms with Gasteiger partial charge in [0, 0.05) is 11.4 Å². The average Bonchev–Trinajstić information content (AvgIpc) is 3.01. The van der Waals surface area contributed by atoms with Crippen LogP contribution in [0.2, 0.25) is 0 Å². The summed E-state index contributed by atoms with van der Waals surface area (Å²) in [6.45, 7) is 1.69.